The molecular formula is C16H15ClN2O. The first-order chi connectivity index (χ1) is 9.72. The van der Waals surface area contributed by atoms with Crippen LogP contribution in [-0.2, 0) is 13.2 Å². The summed E-state index contributed by atoms with van der Waals surface area (Å²) in [5.41, 5.74) is 2.61. The molecule has 0 bridgehead atoms. The van der Waals surface area contributed by atoms with E-state index in [2.05, 4.69) is 11.4 Å². The van der Waals surface area contributed by atoms with Crippen molar-refractivity contribution in [1.82, 2.24) is 5.32 Å². The molecule has 20 heavy (non-hydrogen) atoms. The average molecular weight is 287 g/mol. The molecule has 0 fully saturated rings. The highest BCUT2D eigenvalue weighted by Gasteiger charge is 2.05. The van der Waals surface area contributed by atoms with Crippen molar-refractivity contribution < 1.29 is 4.74 Å². The summed E-state index contributed by atoms with van der Waals surface area (Å²) >= 11 is 5.99. The van der Waals surface area contributed by atoms with Gasteiger partial charge < -0.3 is 10.1 Å². The van der Waals surface area contributed by atoms with Crippen LogP contribution in [0.1, 0.15) is 16.7 Å². The molecule has 0 aromatic heterocycles. The summed E-state index contributed by atoms with van der Waals surface area (Å²) in [6, 6.07) is 15.1. The van der Waals surface area contributed by atoms with Crippen LogP contribution in [0.3, 0.4) is 0 Å². The molecule has 0 amide bonds. The van der Waals surface area contributed by atoms with Crippen molar-refractivity contribution in [3.63, 3.8) is 0 Å². The molecule has 0 saturated heterocycles. The third-order valence-corrected chi connectivity index (χ3v) is 3.08. The van der Waals surface area contributed by atoms with Crippen LogP contribution in [0.5, 0.6) is 5.75 Å². The van der Waals surface area contributed by atoms with E-state index >= 15 is 0 Å². The van der Waals surface area contributed by atoms with Crippen LogP contribution in [-0.4, -0.2) is 7.05 Å². The summed E-state index contributed by atoms with van der Waals surface area (Å²) in [6.07, 6.45) is 0. The number of nitriles is 1. The lowest BCUT2D eigenvalue weighted by Crippen LogP contribution is -2.07. The zero-order valence-corrected chi connectivity index (χ0v) is 11.9. The van der Waals surface area contributed by atoms with Gasteiger partial charge in [0.2, 0.25) is 0 Å². The highest BCUT2D eigenvalue weighted by atomic mass is 35.5. The molecule has 1 N–H and O–H groups in total. The number of benzene rings is 2. The van der Waals surface area contributed by atoms with Gasteiger partial charge in [0.05, 0.1) is 11.6 Å². The molecule has 0 spiro atoms. The molecular weight excluding hydrogens is 272 g/mol. The fourth-order valence-electron chi connectivity index (χ4n) is 1.91. The number of nitrogens with one attached hydrogen (secondary N) is 1. The second-order valence-electron chi connectivity index (χ2n) is 4.38. The number of hydrogen-bond acceptors (Lipinski definition) is 3. The molecule has 0 unspecified atom stereocenters. The standard InChI is InChI=1S/C16H15ClN2O/c1-19-10-14-8-15(17)5-6-16(14)20-11-13-4-2-3-12(7-13)9-18/h2-8,19H,10-11H2,1H3. The first-order valence-corrected chi connectivity index (χ1v) is 6.65. The third kappa shape index (κ3) is 3.74. The maximum atomic E-state index is 8.88. The predicted molar refractivity (Wildman–Crippen MR) is 79.7 cm³/mol. The van der Waals surface area contributed by atoms with Gasteiger partial charge in [0.1, 0.15) is 12.4 Å². The number of ether oxygens (including phenoxy) is 1. The molecule has 0 aliphatic rings. The van der Waals surface area contributed by atoms with E-state index in [9.17, 15) is 0 Å². The maximum absolute atomic E-state index is 8.88. The van der Waals surface area contributed by atoms with Crippen molar-refractivity contribution in [3.8, 4) is 11.8 Å². The molecule has 0 heterocycles. The van der Waals surface area contributed by atoms with Crippen LogP contribution in [0.15, 0.2) is 42.5 Å². The molecule has 0 aliphatic heterocycles. The highest BCUT2D eigenvalue weighted by molar-refractivity contribution is 6.30. The molecule has 2 rings (SSSR count). The van der Waals surface area contributed by atoms with E-state index in [4.69, 9.17) is 21.6 Å². The Kier molecular flexibility index (Phi) is 5.00. The van der Waals surface area contributed by atoms with Crippen LogP contribution in [0, 0.1) is 11.3 Å². The molecule has 4 heteroatoms. The fraction of sp³-hybridized carbons (Fsp3) is 0.188. The molecule has 3 nitrogen and oxygen atoms in total. The molecule has 0 aliphatic carbocycles. The lowest BCUT2D eigenvalue weighted by molar-refractivity contribution is 0.302. The van der Waals surface area contributed by atoms with Gasteiger partial charge in [-0.2, -0.15) is 5.26 Å². The Bertz CT molecular complexity index is 635. The zero-order valence-electron chi connectivity index (χ0n) is 11.2. The van der Waals surface area contributed by atoms with Crippen molar-refractivity contribution in [2.75, 3.05) is 7.05 Å². The Hall–Kier alpha value is -2.02. The smallest absolute Gasteiger partial charge is 0.124 e. The van der Waals surface area contributed by atoms with Crippen LogP contribution in [0.25, 0.3) is 0 Å². The van der Waals surface area contributed by atoms with E-state index in [1.165, 1.54) is 0 Å². The lowest BCUT2D eigenvalue weighted by Gasteiger charge is -2.12. The van der Waals surface area contributed by atoms with Crippen LogP contribution in [0.4, 0.5) is 0 Å². The van der Waals surface area contributed by atoms with E-state index in [1.54, 1.807) is 6.07 Å². The molecule has 0 atom stereocenters. The summed E-state index contributed by atoms with van der Waals surface area (Å²) in [5, 5.41) is 12.7. The van der Waals surface area contributed by atoms with Gasteiger partial charge in [-0.1, -0.05) is 23.7 Å². The van der Waals surface area contributed by atoms with Crippen molar-refractivity contribution in [3.05, 3.63) is 64.2 Å². The minimum Gasteiger partial charge on any atom is -0.489 e. The topological polar surface area (TPSA) is 45.0 Å². The summed E-state index contributed by atoms with van der Waals surface area (Å²) in [7, 11) is 1.88. The minimum atomic E-state index is 0.424. The van der Waals surface area contributed by atoms with Gasteiger partial charge in [0.25, 0.3) is 0 Å². The Morgan fingerprint density at radius 2 is 2.10 bits per heavy atom. The minimum absolute atomic E-state index is 0.424. The Morgan fingerprint density at radius 1 is 1.25 bits per heavy atom. The summed E-state index contributed by atoms with van der Waals surface area (Å²) in [5.74, 6) is 0.797. The maximum Gasteiger partial charge on any atom is 0.124 e. The number of rotatable bonds is 5. The number of halogens is 1. The van der Waals surface area contributed by atoms with Gasteiger partial charge in [0.15, 0.2) is 0 Å². The Labute approximate surface area is 123 Å². The Morgan fingerprint density at radius 3 is 2.85 bits per heavy atom. The Balaban J connectivity index is 2.12. The van der Waals surface area contributed by atoms with Gasteiger partial charge in [-0.15, -0.1) is 0 Å². The van der Waals surface area contributed by atoms with Crippen LogP contribution < -0.4 is 10.1 Å². The second kappa shape index (κ2) is 6.95. The summed E-state index contributed by atoms with van der Waals surface area (Å²) in [4.78, 5) is 0. The van der Waals surface area contributed by atoms with E-state index in [0.29, 0.717) is 23.7 Å². The van der Waals surface area contributed by atoms with E-state index in [0.717, 1.165) is 16.9 Å². The predicted octanol–water partition coefficient (Wildman–Crippen LogP) is 3.51. The molecule has 2 aromatic carbocycles. The fourth-order valence-corrected chi connectivity index (χ4v) is 2.10. The number of hydrogen-bond donors (Lipinski definition) is 1. The largest absolute Gasteiger partial charge is 0.489 e. The lowest BCUT2D eigenvalue weighted by atomic mass is 10.1. The van der Waals surface area contributed by atoms with Crippen molar-refractivity contribution in [1.29, 1.82) is 5.26 Å². The van der Waals surface area contributed by atoms with Gasteiger partial charge in [-0.3, -0.25) is 0 Å². The van der Waals surface area contributed by atoms with Crippen LogP contribution in [0.2, 0.25) is 5.02 Å². The summed E-state index contributed by atoms with van der Waals surface area (Å²) < 4.78 is 5.82. The average Bonchev–Trinajstić information content (AvgIpc) is 2.47. The van der Waals surface area contributed by atoms with E-state index in [1.807, 2.05) is 43.4 Å². The molecule has 2 aromatic rings. The van der Waals surface area contributed by atoms with Crippen LogP contribution >= 0.6 is 11.6 Å². The quantitative estimate of drug-likeness (QED) is 0.915. The normalized spacial score (nSPS) is 10.1. The summed E-state index contributed by atoms with van der Waals surface area (Å²) in [6.45, 7) is 1.11. The monoisotopic (exact) mass is 286 g/mol. The number of nitrogens with zero attached hydrogens (tertiary/aromatic N) is 1. The van der Waals surface area contributed by atoms with E-state index < -0.39 is 0 Å². The SMILES string of the molecule is CNCc1cc(Cl)ccc1OCc1cccc(C#N)c1. The van der Waals surface area contributed by atoms with Gasteiger partial charge in [-0.05, 0) is 42.9 Å². The van der Waals surface area contributed by atoms with Gasteiger partial charge in [0, 0.05) is 17.1 Å². The second-order valence-corrected chi connectivity index (χ2v) is 4.82. The molecule has 0 saturated carbocycles. The van der Waals surface area contributed by atoms with Crippen molar-refractivity contribution in [2.45, 2.75) is 13.2 Å². The highest BCUT2D eigenvalue weighted by Crippen LogP contribution is 2.23. The van der Waals surface area contributed by atoms with Crippen molar-refractivity contribution >= 4 is 11.6 Å². The molecule has 102 valence electrons. The molecule has 0 radical (unpaired) electrons. The van der Waals surface area contributed by atoms with E-state index in [-0.39, 0.29) is 0 Å². The van der Waals surface area contributed by atoms with Crippen molar-refractivity contribution in [2.24, 2.45) is 0 Å². The first kappa shape index (κ1) is 14.4. The van der Waals surface area contributed by atoms with Gasteiger partial charge in [-0.25, -0.2) is 0 Å². The first-order valence-electron chi connectivity index (χ1n) is 6.28. The zero-order chi connectivity index (χ0) is 14.4. The third-order valence-electron chi connectivity index (χ3n) is 2.84. The van der Waals surface area contributed by atoms with Gasteiger partial charge >= 0.3 is 0 Å².